The van der Waals surface area contributed by atoms with Crippen molar-refractivity contribution in [1.29, 1.82) is 0 Å². The Labute approximate surface area is 310 Å². The molecule has 0 saturated carbocycles. The first-order valence-corrected chi connectivity index (χ1v) is 17.3. The molecule has 0 radical (unpaired) electrons. The van der Waals surface area contributed by atoms with E-state index in [1.807, 2.05) is 0 Å². The number of aromatic nitrogens is 2. The lowest BCUT2D eigenvalue weighted by Crippen LogP contribution is -2.46. The van der Waals surface area contributed by atoms with Crippen LogP contribution in [0.1, 0.15) is 91.9 Å². The predicted octanol–water partition coefficient (Wildman–Crippen LogP) is 8.90. The summed E-state index contributed by atoms with van der Waals surface area (Å²) in [7, 11) is 0. The van der Waals surface area contributed by atoms with Crippen molar-refractivity contribution in [3.8, 4) is 5.75 Å². The molecule has 0 bridgehead atoms. The third kappa shape index (κ3) is 11.6. The molecule has 0 saturated heterocycles. The number of nitrogens with zero attached hydrogens (tertiary/aromatic N) is 3. The number of esters is 1. The van der Waals surface area contributed by atoms with Crippen LogP contribution in [0.2, 0.25) is 0 Å². The third-order valence-corrected chi connectivity index (χ3v) is 8.59. The van der Waals surface area contributed by atoms with Gasteiger partial charge in [-0.3, -0.25) is 9.69 Å². The second-order valence-electron chi connectivity index (χ2n) is 12.5. The first-order valence-electron chi connectivity index (χ1n) is 17.3. The summed E-state index contributed by atoms with van der Waals surface area (Å²) in [5.41, 5.74) is -4.63. The van der Waals surface area contributed by atoms with Gasteiger partial charge in [-0.05, 0) is 86.6 Å². The maximum atomic E-state index is 13.9. The Bertz CT molecular complexity index is 1750. The van der Waals surface area contributed by atoms with Crippen LogP contribution >= 0.6 is 0 Å². The standard InChI is InChI=1S/C36H39F9N4O6/c1-3-25-19-27(26-18-22(34(37,38)39)9-10-29(26)49(25)33(52)55-12-7-5-6-8-31(51)53-4-2)47-32-46-20-30(54-13-11-50)28(48-32)16-21-14-23(35(40,41)42)17-24(15-21)36(43,44)45/h9-10,14-15,17-18,20,25,27,50H,3-8,11-13,16,19H2,1-2H3,(H,46,47,48)/t25-,27+/m1/s1. The summed E-state index contributed by atoms with van der Waals surface area (Å²) in [4.78, 5) is 34.6. The summed E-state index contributed by atoms with van der Waals surface area (Å²) < 4.78 is 139. The summed E-state index contributed by atoms with van der Waals surface area (Å²) in [6.07, 6.45) is -13.4. The zero-order valence-electron chi connectivity index (χ0n) is 29.7. The highest BCUT2D eigenvalue weighted by atomic mass is 19.4. The molecule has 0 aliphatic carbocycles. The van der Waals surface area contributed by atoms with Crippen LogP contribution in [0, 0.1) is 0 Å². The van der Waals surface area contributed by atoms with Gasteiger partial charge in [0.15, 0.2) is 5.75 Å². The van der Waals surface area contributed by atoms with Crippen molar-refractivity contribution in [2.75, 3.05) is 36.6 Å². The molecule has 2 atom stereocenters. The Balaban J connectivity index is 1.65. The monoisotopic (exact) mass is 794 g/mol. The second kappa shape index (κ2) is 18.2. The number of aliphatic hydroxyl groups excluding tert-OH is 1. The van der Waals surface area contributed by atoms with Gasteiger partial charge in [-0.1, -0.05) is 6.92 Å². The lowest BCUT2D eigenvalue weighted by atomic mass is 9.89. The Morgan fingerprint density at radius 1 is 0.873 bits per heavy atom. The zero-order valence-corrected chi connectivity index (χ0v) is 29.7. The van der Waals surface area contributed by atoms with Crippen LogP contribution in [0.3, 0.4) is 0 Å². The second-order valence-corrected chi connectivity index (χ2v) is 12.5. The van der Waals surface area contributed by atoms with Crippen molar-refractivity contribution in [2.45, 2.75) is 89.4 Å². The molecule has 10 nitrogen and oxygen atoms in total. The molecule has 2 heterocycles. The van der Waals surface area contributed by atoms with E-state index in [2.05, 4.69) is 15.3 Å². The molecule has 1 aromatic heterocycles. The number of nitrogens with one attached hydrogen (secondary N) is 1. The Kier molecular flexibility index (Phi) is 14.2. The molecule has 1 aliphatic heterocycles. The number of hydrogen-bond donors (Lipinski definition) is 2. The van der Waals surface area contributed by atoms with Crippen LogP contribution in [0.25, 0.3) is 0 Å². The fourth-order valence-corrected chi connectivity index (χ4v) is 6.02. The number of benzene rings is 2. The van der Waals surface area contributed by atoms with E-state index >= 15 is 0 Å². The van der Waals surface area contributed by atoms with Crippen LogP contribution in [-0.2, 0) is 39.2 Å². The number of halogens is 9. The first-order chi connectivity index (χ1) is 25.8. The molecule has 1 amide bonds. The molecular formula is C36H39F9N4O6. The smallest absolute Gasteiger partial charge is 0.416 e. The number of carbonyl (C=O) groups is 2. The fraction of sp³-hybridized carbons (Fsp3) is 0.500. The normalized spacial score (nSPS) is 16.0. The average molecular weight is 795 g/mol. The van der Waals surface area contributed by atoms with Crippen molar-refractivity contribution >= 4 is 23.7 Å². The van der Waals surface area contributed by atoms with Gasteiger partial charge in [0.25, 0.3) is 0 Å². The van der Waals surface area contributed by atoms with Crippen molar-refractivity contribution in [3.05, 3.63) is 76.1 Å². The molecule has 55 heavy (non-hydrogen) atoms. The van der Waals surface area contributed by atoms with Gasteiger partial charge < -0.3 is 24.6 Å². The average Bonchev–Trinajstić information content (AvgIpc) is 3.11. The number of alkyl halides is 9. The number of anilines is 2. The maximum Gasteiger partial charge on any atom is 0.416 e. The number of unbranched alkanes of at least 4 members (excludes halogenated alkanes) is 2. The van der Waals surface area contributed by atoms with Crippen LogP contribution < -0.4 is 15.0 Å². The van der Waals surface area contributed by atoms with Crippen molar-refractivity contribution in [1.82, 2.24) is 9.97 Å². The minimum Gasteiger partial charge on any atom is -0.488 e. The van der Waals surface area contributed by atoms with Gasteiger partial charge in [0, 0.05) is 18.9 Å². The number of fused-ring (bicyclic) bond motifs is 1. The van der Waals surface area contributed by atoms with Gasteiger partial charge >= 0.3 is 30.6 Å². The van der Waals surface area contributed by atoms with Gasteiger partial charge in [-0.15, -0.1) is 0 Å². The van der Waals surface area contributed by atoms with Crippen molar-refractivity contribution in [3.63, 3.8) is 0 Å². The van der Waals surface area contributed by atoms with Crippen LogP contribution in [0.5, 0.6) is 5.75 Å². The van der Waals surface area contributed by atoms with E-state index in [0.29, 0.717) is 37.8 Å². The molecule has 3 aromatic rings. The summed E-state index contributed by atoms with van der Waals surface area (Å²) >= 11 is 0. The number of carbonyl (C=O) groups excluding carboxylic acids is 2. The number of aliphatic hydroxyl groups is 1. The van der Waals surface area contributed by atoms with E-state index in [-0.39, 0.29) is 73.3 Å². The molecule has 2 N–H and O–H groups in total. The van der Waals surface area contributed by atoms with E-state index in [1.165, 1.54) is 4.90 Å². The van der Waals surface area contributed by atoms with E-state index in [0.717, 1.165) is 24.4 Å². The molecule has 2 aromatic carbocycles. The van der Waals surface area contributed by atoms with Crippen molar-refractivity contribution < 1.29 is 68.4 Å². The summed E-state index contributed by atoms with van der Waals surface area (Å²) in [6, 6.07) is 2.25. The quantitative estimate of drug-likeness (QED) is 0.0883. The van der Waals surface area contributed by atoms with Gasteiger partial charge in [0.1, 0.15) is 6.61 Å². The molecule has 0 unspecified atom stereocenters. The highest BCUT2D eigenvalue weighted by Crippen LogP contribution is 2.43. The number of ether oxygens (including phenoxy) is 3. The fourth-order valence-electron chi connectivity index (χ4n) is 6.02. The maximum absolute atomic E-state index is 13.9. The lowest BCUT2D eigenvalue weighted by molar-refractivity contribution is -0.144. The van der Waals surface area contributed by atoms with Gasteiger partial charge in [-0.25, -0.2) is 14.8 Å². The van der Waals surface area contributed by atoms with Gasteiger partial charge in [0.05, 0.1) is 60.1 Å². The molecular weight excluding hydrogens is 755 g/mol. The summed E-state index contributed by atoms with van der Waals surface area (Å²) in [5, 5.41) is 12.2. The SMILES string of the molecule is CCOC(=O)CCCCCOC(=O)N1c2ccc(C(F)(F)F)cc2[C@@H](Nc2ncc(OCCO)c(Cc3cc(C(F)(F)F)cc(C(F)(F)F)c3)n2)C[C@H]1CC. The summed E-state index contributed by atoms with van der Waals surface area (Å²) in [5.74, 6) is -0.772. The highest BCUT2D eigenvalue weighted by Gasteiger charge is 2.40. The van der Waals surface area contributed by atoms with Crippen LogP contribution in [-0.4, -0.2) is 59.6 Å². The molecule has 302 valence electrons. The Morgan fingerprint density at radius 2 is 1.55 bits per heavy atom. The van der Waals surface area contributed by atoms with Crippen molar-refractivity contribution in [2.24, 2.45) is 0 Å². The van der Waals surface area contributed by atoms with E-state index in [9.17, 15) is 54.2 Å². The first kappa shape index (κ1) is 42.9. The predicted molar refractivity (Wildman–Crippen MR) is 179 cm³/mol. The minimum atomic E-state index is -5.12. The lowest BCUT2D eigenvalue weighted by Gasteiger charge is -2.40. The largest absolute Gasteiger partial charge is 0.488 e. The molecule has 0 spiro atoms. The zero-order chi connectivity index (χ0) is 40.6. The van der Waals surface area contributed by atoms with Crippen LogP contribution in [0.15, 0.2) is 42.6 Å². The van der Waals surface area contributed by atoms with E-state index < -0.39 is 72.0 Å². The number of hydrogen-bond acceptors (Lipinski definition) is 9. The molecule has 4 rings (SSSR count). The van der Waals surface area contributed by atoms with Gasteiger partial charge in [-0.2, -0.15) is 39.5 Å². The minimum absolute atomic E-state index is 0.0173. The highest BCUT2D eigenvalue weighted by molar-refractivity contribution is 5.90. The topological polar surface area (TPSA) is 123 Å². The Morgan fingerprint density at radius 3 is 2.15 bits per heavy atom. The molecule has 0 fully saturated rings. The molecule has 1 aliphatic rings. The third-order valence-electron chi connectivity index (χ3n) is 8.59. The summed E-state index contributed by atoms with van der Waals surface area (Å²) in [6.45, 7) is 2.84. The van der Waals surface area contributed by atoms with E-state index in [4.69, 9.17) is 14.2 Å². The number of amides is 1. The van der Waals surface area contributed by atoms with Gasteiger partial charge in [0.2, 0.25) is 5.95 Å². The molecule has 19 heteroatoms. The van der Waals surface area contributed by atoms with Crippen LogP contribution in [0.4, 0.5) is 55.9 Å². The van der Waals surface area contributed by atoms with E-state index in [1.54, 1.807) is 13.8 Å². The Hall–Kier alpha value is -4.81. The number of rotatable bonds is 15.